The van der Waals surface area contributed by atoms with Crippen molar-refractivity contribution >= 4 is 5.91 Å². The SMILES string of the molecule is COc1ccc(C2(C(=O)N3CC[C@@](c4ccccc4)(N(C)C)[C@H](O)C3)CC2)cc1. The lowest BCUT2D eigenvalue weighted by atomic mass is 9.77. The van der Waals surface area contributed by atoms with Crippen LogP contribution in [0.4, 0.5) is 0 Å². The van der Waals surface area contributed by atoms with Crippen molar-refractivity contribution in [2.75, 3.05) is 34.3 Å². The summed E-state index contributed by atoms with van der Waals surface area (Å²) < 4.78 is 5.25. The van der Waals surface area contributed by atoms with Crippen LogP contribution in [0.1, 0.15) is 30.4 Å². The molecule has 5 heteroatoms. The van der Waals surface area contributed by atoms with Gasteiger partial charge in [0.1, 0.15) is 5.75 Å². The lowest BCUT2D eigenvalue weighted by Crippen LogP contribution is -2.61. The highest BCUT2D eigenvalue weighted by Gasteiger charge is 2.55. The summed E-state index contributed by atoms with van der Waals surface area (Å²) in [5.41, 5.74) is 1.23. The maximum atomic E-state index is 13.5. The number of aliphatic hydroxyl groups is 1. The standard InChI is InChI=1S/C24H30N2O3/c1-25(2)24(19-7-5-4-6-8-19)15-16-26(17-21(24)27)22(28)23(13-14-23)18-9-11-20(29-3)12-10-18/h4-12,21,27H,13-17H2,1-3H3/t21-,24+/m1/s1. The van der Waals surface area contributed by atoms with Crippen molar-refractivity contribution in [1.29, 1.82) is 0 Å². The van der Waals surface area contributed by atoms with Gasteiger partial charge < -0.3 is 14.7 Å². The van der Waals surface area contributed by atoms with Gasteiger partial charge in [-0.3, -0.25) is 9.69 Å². The van der Waals surface area contributed by atoms with Gasteiger partial charge in [0.25, 0.3) is 0 Å². The molecular weight excluding hydrogens is 364 g/mol. The molecule has 2 aliphatic rings. The summed E-state index contributed by atoms with van der Waals surface area (Å²) in [4.78, 5) is 17.4. The lowest BCUT2D eigenvalue weighted by molar-refractivity contribution is -0.143. The Bertz CT molecular complexity index is 861. The summed E-state index contributed by atoms with van der Waals surface area (Å²) in [6.45, 7) is 0.991. The smallest absolute Gasteiger partial charge is 0.233 e. The van der Waals surface area contributed by atoms with Gasteiger partial charge in [0.15, 0.2) is 0 Å². The Morgan fingerprint density at radius 1 is 1.03 bits per heavy atom. The van der Waals surface area contributed by atoms with Gasteiger partial charge in [-0.05, 0) is 56.6 Å². The van der Waals surface area contributed by atoms with Crippen molar-refractivity contribution in [1.82, 2.24) is 9.80 Å². The monoisotopic (exact) mass is 394 g/mol. The summed E-state index contributed by atoms with van der Waals surface area (Å²) in [6.07, 6.45) is 1.78. The van der Waals surface area contributed by atoms with Gasteiger partial charge in [-0.2, -0.15) is 0 Å². The van der Waals surface area contributed by atoms with E-state index in [0.29, 0.717) is 19.5 Å². The Balaban J connectivity index is 1.55. The van der Waals surface area contributed by atoms with Gasteiger partial charge in [0.2, 0.25) is 5.91 Å². The van der Waals surface area contributed by atoms with E-state index in [9.17, 15) is 9.90 Å². The molecule has 2 aromatic carbocycles. The van der Waals surface area contributed by atoms with E-state index < -0.39 is 17.1 Å². The molecule has 0 aromatic heterocycles. The third-order valence-corrected chi connectivity index (χ3v) is 6.87. The highest BCUT2D eigenvalue weighted by atomic mass is 16.5. The van der Waals surface area contributed by atoms with Gasteiger partial charge in [-0.15, -0.1) is 0 Å². The molecule has 2 atom stereocenters. The fourth-order valence-corrected chi connectivity index (χ4v) is 4.91. The van der Waals surface area contributed by atoms with Crippen LogP contribution in [0.25, 0.3) is 0 Å². The van der Waals surface area contributed by atoms with Crippen molar-refractivity contribution in [3.05, 3.63) is 65.7 Å². The number of amides is 1. The Kier molecular flexibility index (Phi) is 5.13. The van der Waals surface area contributed by atoms with Crippen LogP contribution in [0.2, 0.25) is 0 Å². The van der Waals surface area contributed by atoms with Crippen molar-refractivity contribution in [3.63, 3.8) is 0 Å². The Morgan fingerprint density at radius 2 is 1.69 bits per heavy atom. The van der Waals surface area contributed by atoms with Crippen LogP contribution >= 0.6 is 0 Å². The van der Waals surface area contributed by atoms with Crippen LogP contribution in [-0.2, 0) is 15.7 Å². The summed E-state index contributed by atoms with van der Waals surface area (Å²) in [6, 6.07) is 18.0. The first-order chi connectivity index (χ1) is 13.9. The molecule has 1 amide bonds. The van der Waals surface area contributed by atoms with Gasteiger partial charge in [-0.1, -0.05) is 42.5 Å². The first kappa shape index (κ1) is 19.9. The molecule has 2 aromatic rings. The van der Waals surface area contributed by atoms with Crippen LogP contribution in [0.5, 0.6) is 5.75 Å². The molecule has 1 saturated carbocycles. The fraction of sp³-hybridized carbons (Fsp3) is 0.458. The molecule has 1 N–H and O–H groups in total. The van der Waals surface area contributed by atoms with E-state index in [1.807, 2.05) is 61.5 Å². The van der Waals surface area contributed by atoms with E-state index in [1.54, 1.807) is 7.11 Å². The number of likely N-dealkylation sites (N-methyl/N-ethyl adjacent to an activating group) is 1. The molecule has 1 aliphatic carbocycles. The normalized spacial score (nSPS) is 25.7. The summed E-state index contributed by atoms with van der Waals surface area (Å²) in [5, 5.41) is 11.2. The second-order valence-electron chi connectivity index (χ2n) is 8.51. The Hall–Kier alpha value is -2.37. The zero-order valence-electron chi connectivity index (χ0n) is 17.5. The van der Waals surface area contributed by atoms with Gasteiger partial charge in [0.05, 0.1) is 24.2 Å². The second kappa shape index (κ2) is 7.47. The number of aliphatic hydroxyl groups excluding tert-OH is 1. The van der Waals surface area contributed by atoms with Crippen LogP contribution in [0.3, 0.4) is 0 Å². The summed E-state index contributed by atoms with van der Waals surface area (Å²) in [7, 11) is 5.66. The van der Waals surface area contributed by atoms with Gasteiger partial charge in [-0.25, -0.2) is 0 Å². The zero-order chi connectivity index (χ0) is 20.6. The van der Waals surface area contributed by atoms with Crippen LogP contribution < -0.4 is 4.74 Å². The molecule has 29 heavy (non-hydrogen) atoms. The van der Waals surface area contributed by atoms with E-state index in [-0.39, 0.29) is 5.91 Å². The van der Waals surface area contributed by atoms with Crippen molar-refractivity contribution in [2.24, 2.45) is 0 Å². The number of β-amino-alcohol motifs (C(OH)–C–C–N with tert-alkyl or cyclic N) is 1. The number of hydrogen-bond donors (Lipinski definition) is 1. The van der Waals surface area contributed by atoms with Crippen molar-refractivity contribution in [3.8, 4) is 5.75 Å². The molecule has 0 unspecified atom stereocenters. The minimum absolute atomic E-state index is 0.141. The zero-order valence-corrected chi connectivity index (χ0v) is 17.5. The molecule has 1 aliphatic heterocycles. The van der Waals surface area contributed by atoms with Crippen LogP contribution in [-0.4, -0.2) is 61.2 Å². The molecule has 0 radical (unpaired) electrons. The lowest BCUT2D eigenvalue weighted by Gasteiger charge is -2.50. The number of rotatable bonds is 5. The van der Waals surface area contributed by atoms with E-state index in [4.69, 9.17) is 4.74 Å². The van der Waals surface area contributed by atoms with E-state index >= 15 is 0 Å². The first-order valence-corrected chi connectivity index (χ1v) is 10.3. The number of nitrogens with zero attached hydrogens (tertiary/aromatic N) is 2. The fourth-order valence-electron chi connectivity index (χ4n) is 4.91. The average molecular weight is 395 g/mol. The Labute approximate surface area is 172 Å². The van der Waals surface area contributed by atoms with E-state index in [0.717, 1.165) is 29.7 Å². The van der Waals surface area contributed by atoms with Crippen LogP contribution in [0.15, 0.2) is 54.6 Å². The first-order valence-electron chi connectivity index (χ1n) is 10.3. The van der Waals surface area contributed by atoms with Crippen molar-refractivity contribution < 1.29 is 14.6 Å². The largest absolute Gasteiger partial charge is 0.497 e. The summed E-state index contributed by atoms with van der Waals surface area (Å²) in [5.74, 6) is 0.936. The molecule has 2 fully saturated rings. The van der Waals surface area contributed by atoms with Gasteiger partial charge >= 0.3 is 0 Å². The number of ether oxygens (including phenoxy) is 1. The van der Waals surface area contributed by atoms with E-state index in [1.165, 1.54) is 0 Å². The molecule has 5 nitrogen and oxygen atoms in total. The molecular formula is C24H30N2O3. The number of carbonyl (C=O) groups excluding carboxylic acids is 1. The Morgan fingerprint density at radius 3 is 2.21 bits per heavy atom. The number of methoxy groups -OCH3 is 1. The topological polar surface area (TPSA) is 53.0 Å². The summed E-state index contributed by atoms with van der Waals surface area (Å²) >= 11 is 0. The van der Waals surface area contributed by atoms with Crippen molar-refractivity contribution in [2.45, 2.75) is 36.3 Å². The number of benzene rings is 2. The average Bonchev–Trinajstić information content (AvgIpc) is 3.56. The number of piperidine rings is 1. The molecule has 4 rings (SSSR count). The van der Waals surface area contributed by atoms with Gasteiger partial charge in [0, 0.05) is 13.1 Å². The molecule has 0 bridgehead atoms. The predicted molar refractivity (Wildman–Crippen MR) is 113 cm³/mol. The highest BCUT2D eigenvalue weighted by molar-refractivity contribution is 5.91. The molecule has 154 valence electrons. The van der Waals surface area contributed by atoms with E-state index in [2.05, 4.69) is 17.0 Å². The third-order valence-electron chi connectivity index (χ3n) is 6.87. The number of carbonyl (C=O) groups is 1. The third kappa shape index (κ3) is 3.22. The predicted octanol–water partition coefficient (Wildman–Crippen LogP) is 2.78. The minimum atomic E-state index is -0.649. The minimum Gasteiger partial charge on any atom is -0.497 e. The quantitative estimate of drug-likeness (QED) is 0.847. The highest BCUT2D eigenvalue weighted by Crippen LogP contribution is 2.51. The second-order valence-corrected chi connectivity index (χ2v) is 8.51. The van der Waals surface area contributed by atoms with Crippen LogP contribution in [0, 0.1) is 0 Å². The molecule has 1 heterocycles. The maximum Gasteiger partial charge on any atom is 0.233 e. The maximum absolute atomic E-state index is 13.5. The number of likely N-dealkylation sites (tertiary alicyclic amines) is 1. The molecule has 1 saturated heterocycles. The number of hydrogen-bond acceptors (Lipinski definition) is 4. The molecule has 0 spiro atoms.